The summed E-state index contributed by atoms with van der Waals surface area (Å²) in [6.45, 7) is 15.1. The molecule has 1 N–H and O–H groups in total. The molecule has 2 aromatic rings. The molecule has 42 heavy (non-hydrogen) atoms. The number of halogens is 2. The molecule has 0 heterocycles. The number of hydrogen-bond acceptors (Lipinski definition) is 2. The van der Waals surface area contributed by atoms with Gasteiger partial charge in [0.1, 0.15) is 11.6 Å². The van der Waals surface area contributed by atoms with Crippen LogP contribution in [0.4, 0.5) is 8.78 Å². The zero-order chi connectivity index (χ0) is 31.6. The molecule has 0 amide bonds. The molecule has 2 rings (SSSR count). The number of aryl methyl sites for hydroxylation is 2. The molecule has 0 aliphatic heterocycles. The maximum atomic E-state index is 13.4. The molecule has 240 valence electrons. The van der Waals surface area contributed by atoms with E-state index in [9.17, 15) is 13.6 Å². The second-order valence-electron chi connectivity index (χ2n) is 12.8. The molecular formula is C37H62F2O2Si. The second kappa shape index (κ2) is 20.4. The van der Waals surface area contributed by atoms with E-state index < -0.39 is 8.32 Å². The highest BCUT2D eigenvalue weighted by molar-refractivity contribution is 6.75. The van der Waals surface area contributed by atoms with Gasteiger partial charge in [-0.2, -0.15) is 0 Å². The van der Waals surface area contributed by atoms with Gasteiger partial charge >= 0.3 is 0 Å². The quantitative estimate of drug-likeness (QED) is 0.128. The minimum absolute atomic E-state index is 0.0310. The molecule has 0 aromatic heterocycles. The summed E-state index contributed by atoms with van der Waals surface area (Å²) in [4.78, 5) is 10.7. The largest absolute Gasteiger partial charge is 0.431 e. The number of methoxy groups -OCH3 is 1. The lowest BCUT2D eigenvalue weighted by atomic mass is 9.76. The zero-order valence-electron chi connectivity index (χ0n) is 28.2. The Hall–Kier alpha value is -1.56. The fourth-order valence-corrected chi connectivity index (χ4v) is 9.62. The first-order chi connectivity index (χ1) is 20.0. The van der Waals surface area contributed by atoms with Gasteiger partial charge in [-0.3, -0.25) is 0 Å². The van der Waals surface area contributed by atoms with Gasteiger partial charge in [-0.05, 0) is 97.0 Å². The van der Waals surface area contributed by atoms with Gasteiger partial charge in [0.05, 0.1) is 5.60 Å². The van der Waals surface area contributed by atoms with Gasteiger partial charge in [0.2, 0.25) is 0 Å². The second-order valence-corrected chi connectivity index (χ2v) is 17.6. The van der Waals surface area contributed by atoms with Crippen molar-refractivity contribution in [1.29, 1.82) is 0 Å². The third-order valence-electron chi connectivity index (χ3n) is 9.63. The Labute approximate surface area is 258 Å². The van der Waals surface area contributed by atoms with Crippen molar-refractivity contribution in [2.45, 2.75) is 148 Å². The van der Waals surface area contributed by atoms with E-state index in [1.54, 1.807) is 18.2 Å². The van der Waals surface area contributed by atoms with Crippen molar-refractivity contribution >= 4 is 8.32 Å². The van der Waals surface area contributed by atoms with E-state index in [0.29, 0.717) is 17.0 Å². The number of hydrogen-bond donors (Lipinski definition) is 1. The molecule has 0 fully saturated rings. The molecule has 2 nitrogen and oxygen atoms in total. The summed E-state index contributed by atoms with van der Waals surface area (Å²) in [5.74, 6) is 0.220. The van der Waals surface area contributed by atoms with Gasteiger partial charge in [-0.1, -0.05) is 111 Å². The van der Waals surface area contributed by atoms with Gasteiger partial charge < -0.3 is 9.53 Å². The number of ether oxygens (including phenoxy) is 1. The maximum Gasteiger partial charge on any atom is 0.193 e. The Bertz CT molecular complexity index is 957. The van der Waals surface area contributed by atoms with Crippen LogP contribution in [0.5, 0.6) is 0 Å². The summed E-state index contributed by atoms with van der Waals surface area (Å²) in [7, 11) is -0.362. The smallest absolute Gasteiger partial charge is 0.193 e. The third-order valence-corrected chi connectivity index (χ3v) is 14.7. The first kappa shape index (κ1) is 38.5. The number of benzene rings is 2. The lowest BCUT2D eigenvalue weighted by Crippen LogP contribution is -2.41. The molecule has 2 aromatic carbocycles. The predicted molar refractivity (Wildman–Crippen MR) is 180 cm³/mol. The summed E-state index contributed by atoms with van der Waals surface area (Å²) in [5.41, 5.74) is 2.74. The molecule has 1 atom stereocenters. The first-order valence-corrected chi connectivity index (χ1v) is 19.0. The van der Waals surface area contributed by atoms with E-state index in [4.69, 9.17) is 4.74 Å². The lowest BCUT2D eigenvalue weighted by molar-refractivity contribution is -0.0704. The van der Waals surface area contributed by atoms with Crippen LogP contribution < -0.4 is 0 Å². The molecular weight excluding hydrogens is 542 g/mol. The van der Waals surface area contributed by atoms with E-state index in [1.807, 2.05) is 25.3 Å². The highest BCUT2D eigenvalue weighted by atomic mass is 28.4. The van der Waals surface area contributed by atoms with Crippen molar-refractivity contribution in [2.24, 2.45) is 5.92 Å². The van der Waals surface area contributed by atoms with Gasteiger partial charge in [-0.25, -0.2) is 8.78 Å². The van der Waals surface area contributed by atoms with Gasteiger partial charge in [0.15, 0.2) is 8.32 Å². The third kappa shape index (κ3) is 13.0. The summed E-state index contributed by atoms with van der Waals surface area (Å²) in [6.07, 6.45) is 14.1. The van der Waals surface area contributed by atoms with Crippen LogP contribution in [0.3, 0.4) is 0 Å². The lowest BCUT2D eigenvalue weighted by Gasteiger charge is -2.39. The molecule has 0 bridgehead atoms. The van der Waals surface area contributed by atoms with Crippen molar-refractivity contribution in [3.05, 3.63) is 71.3 Å². The van der Waals surface area contributed by atoms with E-state index in [-0.39, 0.29) is 17.2 Å². The minimum atomic E-state index is -2.23. The summed E-state index contributed by atoms with van der Waals surface area (Å²) < 4.78 is 32.5. The van der Waals surface area contributed by atoms with Crippen molar-refractivity contribution in [1.82, 2.24) is 0 Å². The topological polar surface area (TPSA) is 29.5 Å². The average Bonchev–Trinajstić information content (AvgIpc) is 2.97. The highest BCUT2D eigenvalue weighted by Crippen LogP contribution is 2.36. The van der Waals surface area contributed by atoms with Crippen molar-refractivity contribution < 1.29 is 18.3 Å². The van der Waals surface area contributed by atoms with Gasteiger partial charge in [0, 0.05) is 7.11 Å². The van der Waals surface area contributed by atoms with E-state index in [1.165, 1.54) is 57.1 Å². The highest BCUT2D eigenvalue weighted by Gasteiger charge is 2.38. The standard InChI is InChI=1S/C23H39FO.C14H23FOSi/c1-5-8-9-10-11-12-15-21(23(6-2,7-3)25-4)18-17-20-14-13-16-22(24)19-20;1-11(2)17(16,12(3)4)9-8-13-6-5-7-14(15)10-13/h13-14,16,19,21H,5-12,15,17-18H2,1-4H3;5-7,10-12,16H,8-9H2,1-4H3. The Balaban J connectivity index is 0.000000452. The SMILES string of the molecule is CC(C)[Si](O)(CCc1cccc(F)c1)C(C)C.CCCCCCCCC(CCc1cccc(F)c1)C(CC)(CC)OC. The molecule has 0 saturated heterocycles. The number of rotatable bonds is 19. The average molecular weight is 605 g/mol. The molecule has 1 unspecified atom stereocenters. The van der Waals surface area contributed by atoms with Crippen molar-refractivity contribution in [3.63, 3.8) is 0 Å². The minimum Gasteiger partial charge on any atom is -0.431 e. The molecule has 0 spiro atoms. The van der Waals surface area contributed by atoms with Crippen LogP contribution in [0.15, 0.2) is 48.5 Å². The van der Waals surface area contributed by atoms with Gasteiger partial charge in [-0.15, -0.1) is 0 Å². The predicted octanol–water partition coefficient (Wildman–Crippen LogP) is 11.5. The summed E-state index contributed by atoms with van der Waals surface area (Å²) >= 11 is 0. The van der Waals surface area contributed by atoms with Crippen LogP contribution in [-0.4, -0.2) is 25.8 Å². The molecule has 0 aliphatic carbocycles. The first-order valence-electron chi connectivity index (χ1n) is 16.7. The fraction of sp³-hybridized carbons (Fsp3) is 0.676. The molecule has 0 radical (unpaired) electrons. The van der Waals surface area contributed by atoms with E-state index >= 15 is 0 Å². The zero-order valence-corrected chi connectivity index (χ0v) is 29.2. The summed E-state index contributed by atoms with van der Waals surface area (Å²) in [6, 6.07) is 14.5. The van der Waals surface area contributed by atoms with E-state index in [0.717, 1.165) is 49.3 Å². The fourth-order valence-electron chi connectivity index (χ4n) is 6.44. The Morgan fingerprint density at radius 1 is 0.738 bits per heavy atom. The van der Waals surface area contributed by atoms with Crippen LogP contribution in [0, 0.1) is 17.6 Å². The molecule has 5 heteroatoms. The van der Waals surface area contributed by atoms with Crippen molar-refractivity contribution in [3.8, 4) is 0 Å². The van der Waals surface area contributed by atoms with Crippen molar-refractivity contribution in [2.75, 3.05) is 7.11 Å². The normalized spacial score (nSPS) is 12.9. The van der Waals surface area contributed by atoms with Crippen LogP contribution in [0.2, 0.25) is 17.1 Å². The Morgan fingerprint density at radius 3 is 1.69 bits per heavy atom. The summed E-state index contributed by atoms with van der Waals surface area (Å²) in [5, 5.41) is 0. The maximum absolute atomic E-state index is 13.4. The van der Waals surface area contributed by atoms with Crippen LogP contribution in [0.1, 0.15) is 124 Å². The number of unbranched alkanes of at least 4 members (excludes halogenated alkanes) is 5. The van der Waals surface area contributed by atoms with Crippen LogP contribution >= 0.6 is 0 Å². The molecule has 0 aliphatic rings. The Morgan fingerprint density at radius 2 is 1.24 bits per heavy atom. The monoisotopic (exact) mass is 604 g/mol. The van der Waals surface area contributed by atoms with Crippen LogP contribution in [0.25, 0.3) is 0 Å². The Kier molecular flexibility index (Phi) is 18.7. The molecule has 0 saturated carbocycles. The van der Waals surface area contributed by atoms with E-state index in [2.05, 4.69) is 48.5 Å². The van der Waals surface area contributed by atoms with Gasteiger partial charge in [0.25, 0.3) is 0 Å². The van der Waals surface area contributed by atoms with Crippen LogP contribution in [-0.2, 0) is 17.6 Å².